The topological polar surface area (TPSA) is 80.8 Å². The summed E-state index contributed by atoms with van der Waals surface area (Å²) in [5.41, 5.74) is 1.25. The van der Waals surface area contributed by atoms with Crippen LogP contribution in [0.5, 0.6) is 5.75 Å². The van der Waals surface area contributed by atoms with Gasteiger partial charge in [0.2, 0.25) is 0 Å². The van der Waals surface area contributed by atoms with E-state index in [0.717, 1.165) is 24.3 Å². The van der Waals surface area contributed by atoms with Crippen molar-refractivity contribution in [3.05, 3.63) is 35.3 Å². The van der Waals surface area contributed by atoms with Crippen molar-refractivity contribution in [3.63, 3.8) is 0 Å². The van der Waals surface area contributed by atoms with E-state index in [-0.39, 0.29) is 17.8 Å². The highest BCUT2D eigenvalue weighted by Crippen LogP contribution is 2.25. The predicted octanol–water partition coefficient (Wildman–Crippen LogP) is 3.31. The molecule has 1 aliphatic rings. The highest BCUT2D eigenvalue weighted by molar-refractivity contribution is 7.14. The van der Waals surface area contributed by atoms with E-state index >= 15 is 0 Å². The summed E-state index contributed by atoms with van der Waals surface area (Å²) in [7, 11) is 1.62. The van der Waals surface area contributed by atoms with Crippen LogP contribution in [-0.4, -0.2) is 48.6 Å². The van der Waals surface area contributed by atoms with Gasteiger partial charge in [-0.3, -0.25) is 9.59 Å². The third-order valence-electron chi connectivity index (χ3n) is 4.39. The summed E-state index contributed by atoms with van der Waals surface area (Å²) >= 11 is 1.37. The molecule has 1 atom stereocenters. The van der Waals surface area contributed by atoms with Crippen LogP contribution < -0.4 is 10.1 Å². The maximum absolute atomic E-state index is 12.7. The van der Waals surface area contributed by atoms with E-state index in [0.29, 0.717) is 30.5 Å². The number of ether oxygens (including phenoxy) is 2. The number of nitrogens with one attached hydrogen (secondary N) is 1. The number of nitrogens with zero attached hydrogens (tertiary/aromatic N) is 2. The number of amides is 1. The van der Waals surface area contributed by atoms with E-state index in [9.17, 15) is 9.59 Å². The molecule has 27 heavy (non-hydrogen) atoms. The largest absolute Gasteiger partial charge is 0.497 e. The van der Waals surface area contributed by atoms with Crippen LogP contribution in [0.15, 0.2) is 29.6 Å². The number of esters is 1. The summed E-state index contributed by atoms with van der Waals surface area (Å²) in [5.74, 6) is 0.146. The van der Waals surface area contributed by atoms with Gasteiger partial charge in [0.15, 0.2) is 5.13 Å². The quantitative estimate of drug-likeness (QED) is 0.764. The first kappa shape index (κ1) is 19.2. The number of thiazole rings is 1. The van der Waals surface area contributed by atoms with Crippen molar-refractivity contribution in [1.29, 1.82) is 0 Å². The Bertz CT molecular complexity index is 791. The molecule has 0 saturated carbocycles. The van der Waals surface area contributed by atoms with Crippen LogP contribution >= 0.6 is 11.3 Å². The van der Waals surface area contributed by atoms with E-state index in [1.54, 1.807) is 24.3 Å². The van der Waals surface area contributed by atoms with Gasteiger partial charge in [-0.25, -0.2) is 4.98 Å². The first-order valence-electron chi connectivity index (χ1n) is 8.93. The molecule has 1 unspecified atom stereocenters. The van der Waals surface area contributed by atoms with Gasteiger partial charge in [-0.2, -0.15) is 0 Å². The van der Waals surface area contributed by atoms with Gasteiger partial charge in [0.1, 0.15) is 11.4 Å². The SMILES string of the molecule is CCOC(=O)C1CCCN(C(=O)c2csc(Nc3ccc(OC)cc3)n2)C1. The lowest BCUT2D eigenvalue weighted by molar-refractivity contribution is -0.149. The van der Waals surface area contributed by atoms with Gasteiger partial charge in [-0.05, 0) is 44.0 Å². The number of carbonyl (C=O) groups excluding carboxylic acids is 2. The summed E-state index contributed by atoms with van der Waals surface area (Å²) in [6, 6.07) is 7.48. The van der Waals surface area contributed by atoms with Gasteiger partial charge in [0.05, 0.1) is 19.6 Å². The number of carbonyl (C=O) groups is 2. The van der Waals surface area contributed by atoms with Crippen molar-refractivity contribution in [2.24, 2.45) is 5.92 Å². The molecule has 3 rings (SSSR count). The lowest BCUT2D eigenvalue weighted by Crippen LogP contribution is -2.42. The fraction of sp³-hybridized carbons (Fsp3) is 0.421. The van der Waals surface area contributed by atoms with E-state index in [1.807, 2.05) is 24.3 Å². The second-order valence-corrected chi connectivity index (χ2v) is 7.09. The zero-order valence-corrected chi connectivity index (χ0v) is 16.3. The molecule has 1 N–H and O–H groups in total. The molecule has 8 heteroatoms. The molecule has 2 aromatic rings. The van der Waals surface area contributed by atoms with Crippen LogP contribution in [0, 0.1) is 5.92 Å². The van der Waals surface area contributed by atoms with Crippen LogP contribution in [0.1, 0.15) is 30.3 Å². The minimum absolute atomic E-state index is 0.150. The first-order chi connectivity index (χ1) is 13.1. The standard InChI is InChI=1S/C19H23N3O4S/c1-3-26-18(24)13-5-4-10-22(11-13)17(23)16-12-27-19(21-16)20-14-6-8-15(25-2)9-7-14/h6-9,12-13H,3-5,10-11H2,1-2H3,(H,20,21). The first-order valence-corrected chi connectivity index (χ1v) is 9.81. The molecule has 1 fully saturated rings. The lowest BCUT2D eigenvalue weighted by Gasteiger charge is -2.31. The van der Waals surface area contributed by atoms with Gasteiger partial charge in [0.25, 0.3) is 5.91 Å². The number of piperidine rings is 1. The van der Waals surface area contributed by atoms with Gasteiger partial charge >= 0.3 is 5.97 Å². The molecule has 1 amide bonds. The Balaban J connectivity index is 1.62. The minimum Gasteiger partial charge on any atom is -0.497 e. The molecule has 0 aliphatic carbocycles. The molecule has 1 aromatic carbocycles. The molecular weight excluding hydrogens is 366 g/mol. The molecule has 1 saturated heterocycles. The molecule has 144 valence electrons. The van der Waals surface area contributed by atoms with Crippen LogP contribution in [-0.2, 0) is 9.53 Å². The second kappa shape index (κ2) is 8.85. The monoisotopic (exact) mass is 389 g/mol. The van der Waals surface area contributed by atoms with Crippen LogP contribution in [0.2, 0.25) is 0 Å². The Morgan fingerprint density at radius 3 is 2.81 bits per heavy atom. The normalized spacial score (nSPS) is 16.7. The summed E-state index contributed by atoms with van der Waals surface area (Å²) in [5, 5.41) is 5.56. The maximum atomic E-state index is 12.7. The van der Waals surface area contributed by atoms with Gasteiger partial charge in [-0.15, -0.1) is 11.3 Å². The Kier molecular flexibility index (Phi) is 6.28. The van der Waals surface area contributed by atoms with Crippen molar-refractivity contribution >= 4 is 34.0 Å². The van der Waals surface area contributed by atoms with Gasteiger partial charge in [-0.1, -0.05) is 0 Å². The molecule has 1 aromatic heterocycles. The Morgan fingerprint density at radius 1 is 1.33 bits per heavy atom. The number of aromatic nitrogens is 1. The number of likely N-dealkylation sites (tertiary alicyclic amines) is 1. The van der Waals surface area contributed by atoms with Crippen molar-refractivity contribution in [3.8, 4) is 5.75 Å². The summed E-state index contributed by atoms with van der Waals surface area (Å²) in [4.78, 5) is 30.8. The fourth-order valence-electron chi connectivity index (χ4n) is 3.00. The van der Waals surface area contributed by atoms with Crippen molar-refractivity contribution in [2.75, 3.05) is 32.1 Å². The zero-order valence-electron chi connectivity index (χ0n) is 15.4. The summed E-state index contributed by atoms with van der Waals surface area (Å²) in [6.45, 7) is 3.16. The van der Waals surface area contributed by atoms with Crippen LogP contribution in [0.25, 0.3) is 0 Å². The number of hydrogen-bond acceptors (Lipinski definition) is 7. The number of benzene rings is 1. The van der Waals surface area contributed by atoms with Gasteiger partial charge in [0, 0.05) is 24.2 Å². The summed E-state index contributed by atoms with van der Waals surface area (Å²) < 4.78 is 10.2. The highest BCUT2D eigenvalue weighted by Gasteiger charge is 2.30. The summed E-state index contributed by atoms with van der Waals surface area (Å²) in [6.07, 6.45) is 1.54. The number of hydrogen-bond donors (Lipinski definition) is 1. The fourth-order valence-corrected chi connectivity index (χ4v) is 3.71. The predicted molar refractivity (Wildman–Crippen MR) is 104 cm³/mol. The van der Waals surface area contributed by atoms with Gasteiger partial charge < -0.3 is 19.7 Å². The number of rotatable bonds is 6. The molecule has 2 heterocycles. The zero-order chi connectivity index (χ0) is 19.2. The smallest absolute Gasteiger partial charge is 0.310 e. The van der Waals surface area contributed by atoms with Crippen molar-refractivity contribution in [1.82, 2.24) is 9.88 Å². The molecule has 0 spiro atoms. The van der Waals surface area contributed by atoms with E-state index < -0.39 is 0 Å². The van der Waals surface area contributed by atoms with E-state index in [1.165, 1.54) is 11.3 Å². The van der Waals surface area contributed by atoms with Crippen molar-refractivity contribution in [2.45, 2.75) is 19.8 Å². The molecular formula is C19H23N3O4S. The molecule has 1 aliphatic heterocycles. The number of methoxy groups -OCH3 is 1. The van der Waals surface area contributed by atoms with E-state index in [4.69, 9.17) is 9.47 Å². The molecule has 0 bridgehead atoms. The highest BCUT2D eigenvalue weighted by atomic mass is 32.1. The van der Waals surface area contributed by atoms with Crippen LogP contribution in [0.4, 0.5) is 10.8 Å². The average Bonchev–Trinajstić information content (AvgIpc) is 3.16. The Hall–Kier alpha value is -2.61. The van der Waals surface area contributed by atoms with E-state index in [2.05, 4.69) is 10.3 Å². The average molecular weight is 389 g/mol. The minimum atomic E-state index is -0.252. The second-order valence-electron chi connectivity index (χ2n) is 6.23. The Morgan fingerprint density at radius 2 is 2.11 bits per heavy atom. The lowest BCUT2D eigenvalue weighted by atomic mass is 9.98. The van der Waals surface area contributed by atoms with Crippen molar-refractivity contribution < 1.29 is 19.1 Å². The Labute approximate surface area is 162 Å². The maximum Gasteiger partial charge on any atom is 0.310 e. The third-order valence-corrected chi connectivity index (χ3v) is 5.15. The molecule has 7 nitrogen and oxygen atoms in total. The third kappa shape index (κ3) is 4.77. The molecule has 0 radical (unpaired) electrons. The van der Waals surface area contributed by atoms with Crippen LogP contribution in [0.3, 0.4) is 0 Å². The number of anilines is 2.